The van der Waals surface area contributed by atoms with Gasteiger partial charge in [-0.2, -0.15) is 5.10 Å². The molecule has 2 heterocycles. The number of aromatic nitrogens is 2. The van der Waals surface area contributed by atoms with Crippen LogP contribution in [0.2, 0.25) is 0 Å². The molecule has 1 radical (unpaired) electrons. The molecule has 0 unspecified atom stereocenters. The van der Waals surface area contributed by atoms with Gasteiger partial charge in [0, 0.05) is 5.38 Å². The van der Waals surface area contributed by atoms with E-state index in [9.17, 15) is 0 Å². The van der Waals surface area contributed by atoms with Crippen LogP contribution in [0.15, 0.2) is 18.3 Å². The van der Waals surface area contributed by atoms with Crippen LogP contribution in [-0.4, -0.2) is 10.2 Å². The Hall–Kier alpha value is -0.960. The first-order valence-corrected chi connectivity index (χ1v) is 3.36. The molecule has 0 spiro atoms. The highest BCUT2D eigenvalue weighted by molar-refractivity contribution is 7.16. The van der Waals surface area contributed by atoms with Crippen LogP contribution in [0.1, 0.15) is 0 Å². The zero-order valence-corrected chi connectivity index (χ0v) is 5.35. The quantitative estimate of drug-likeness (QED) is 0.547. The molecular formula is C6H3N2S. The van der Waals surface area contributed by atoms with Gasteiger partial charge in [-0.15, -0.1) is 16.4 Å². The minimum absolute atomic E-state index is 0.933. The number of fused-ring (bicyclic) bond motifs is 1. The van der Waals surface area contributed by atoms with Crippen LogP contribution in [-0.2, 0) is 0 Å². The molecule has 9 heavy (non-hydrogen) atoms. The summed E-state index contributed by atoms with van der Waals surface area (Å²) in [6.07, 6.45) is 1.69. The molecule has 2 aromatic heterocycles. The van der Waals surface area contributed by atoms with Crippen molar-refractivity contribution in [2.75, 3.05) is 0 Å². The van der Waals surface area contributed by atoms with E-state index < -0.39 is 0 Å². The van der Waals surface area contributed by atoms with Gasteiger partial charge in [-0.3, -0.25) is 0 Å². The van der Waals surface area contributed by atoms with Crippen molar-refractivity contribution in [3.63, 3.8) is 0 Å². The van der Waals surface area contributed by atoms with Gasteiger partial charge in [-0.05, 0) is 12.1 Å². The summed E-state index contributed by atoms with van der Waals surface area (Å²) in [5.74, 6) is 0. The minimum Gasteiger partial charge on any atom is -0.158 e. The Balaban J connectivity index is 2.95. The van der Waals surface area contributed by atoms with E-state index in [1.54, 1.807) is 17.5 Å². The van der Waals surface area contributed by atoms with Gasteiger partial charge in [0.2, 0.25) is 0 Å². The van der Waals surface area contributed by atoms with Crippen molar-refractivity contribution in [3.05, 3.63) is 23.7 Å². The molecule has 0 amide bonds. The van der Waals surface area contributed by atoms with E-state index in [2.05, 4.69) is 15.6 Å². The summed E-state index contributed by atoms with van der Waals surface area (Å²) < 4.78 is 1.14. The molecule has 0 saturated carbocycles. The van der Waals surface area contributed by atoms with Crippen LogP contribution in [0.4, 0.5) is 0 Å². The topological polar surface area (TPSA) is 25.8 Å². The Bertz CT molecular complexity index is 285. The molecule has 43 valence electrons. The van der Waals surface area contributed by atoms with Gasteiger partial charge in [-0.1, -0.05) is 0 Å². The van der Waals surface area contributed by atoms with Crippen molar-refractivity contribution in [2.45, 2.75) is 0 Å². The molecule has 0 atom stereocenters. The fourth-order valence-corrected chi connectivity index (χ4v) is 1.30. The molecular weight excluding hydrogens is 132 g/mol. The predicted octanol–water partition coefficient (Wildman–Crippen LogP) is 1.49. The molecule has 0 fully saturated rings. The third-order valence-electron chi connectivity index (χ3n) is 1.08. The van der Waals surface area contributed by atoms with Gasteiger partial charge in [0.05, 0.1) is 10.9 Å². The monoisotopic (exact) mass is 135 g/mol. The molecule has 0 aliphatic carbocycles. The lowest BCUT2D eigenvalue weighted by molar-refractivity contribution is 1.08. The Kier molecular flexibility index (Phi) is 0.960. The van der Waals surface area contributed by atoms with Crippen LogP contribution < -0.4 is 0 Å². The summed E-state index contributed by atoms with van der Waals surface area (Å²) in [4.78, 5) is 0. The summed E-state index contributed by atoms with van der Waals surface area (Å²) in [6.45, 7) is 0. The third kappa shape index (κ3) is 0.695. The van der Waals surface area contributed by atoms with Gasteiger partial charge in [0.25, 0.3) is 0 Å². The predicted molar refractivity (Wildman–Crippen MR) is 36.3 cm³/mol. The fourth-order valence-electron chi connectivity index (χ4n) is 0.666. The Labute approximate surface area is 56.2 Å². The zero-order chi connectivity index (χ0) is 6.10. The minimum atomic E-state index is 0.933. The molecule has 0 bridgehead atoms. The second kappa shape index (κ2) is 1.77. The van der Waals surface area contributed by atoms with Crippen molar-refractivity contribution in [2.24, 2.45) is 0 Å². The molecule has 2 aromatic rings. The maximum Gasteiger partial charge on any atom is 0.104 e. The zero-order valence-electron chi connectivity index (χ0n) is 4.53. The van der Waals surface area contributed by atoms with E-state index in [1.807, 2.05) is 12.1 Å². The first-order valence-electron chi connectivity index (χ1n) is 2.54. The van der Waals surface area contributed by atoms with E-state index >= 15 is 0 Å². The number of hydrogen-bond donors (Lipinski definition) is 0. The maximum absolute atomic E-state index is 3.87. The highest BCUT2D eigenvalue weighted by atomic mass is 32.1. The Morgan fingerprint density at radius 3 is 3.44 bits per heavy atom. The van der Waals surface area contributed by atoms with Crippen LogP contribution in [0, 0.1) is 5.38 Å². The van der Waals surface area contributed by atoms with E-state index in [-0.39, 0.29) is 0 Å². The first-order chi connectivity index (χ1) is 4.47. The lowest BCUT2D eigenvalue weighted by Crippen LogP contribution is -1.74. The maximum atomic E-state index is 3.87. The van der Waals surface area contributed by atoms with Gasteiger partial charge >= 0.3 is 0 Å². The summed E-state index contributed by atoms with van der Waals surface area (Å²) in [6, 6.07) is 3.77. The SMILES string of the molecule is [c]1cc2nnccc2s1. The van der Waals surface area contributed by atoms with Crippen molar-refractivity contribution in [3.8, 4) is 0 Å². The average molecular weight is 135 g/mol. The Morgan fingerprint density at radius 1 is 1.56 bits per heavy atom. The summed E-state index contributed by atoms with van der Waals surface area (Å²) in [7, 11) is 0. The van der Waals surface area contributed by atoms with E-state index in [4.69, 9.17) is 0 Å². The second-order valence-electron chi connectivity index (χ2n) is 1.64. The van der Waals surface area contributed by atoms with Crippen LogP contribution in [0.3, 0.4) is 0 Å². The molecule has 2 nitrogen and oxygen atoms in total. The molecule has 0 aromatic carbocycles. The molecule has 2 rings (SSSR count). The van der Waals surface area contributed by atoms with E-state index in [1.165, 1.54) is 0 Å². The lowest BCUT2D eigenvalue weighted by Gasteiger charge is -1.80. The standard InChI is InChI=1S/C6H3N2S/c1-3-7-8-5-2-4-9-6(1)5/h1-3H. The normalized spacial score (nSPS) is 10.2. The van der Waals surface area contributed by atoms with E-state index in [0.717, 1.165) is 10.2 Å². The van der Waals surface area contributed by atoms with Gasteiger partial charge in [0.1, 0.15) is 5.52 Å². The smallest absolute Gasteiger partial charge is 0.104 e. The molecule has 0 aliphatic heterocycles. The van der Waals surface area contributed by atoms with E-state index in [0.29, 0.717) is 0 Å². The summed E-state index contributed by atoms with van der Waals surface area (Å²) in [5.41, 5.74) is 0.933. The largest absolute Gasteiger partial charge is 0.158 e. The van der Waals surface area contributed by atoms with Crippen molar-refractivity contribution < 1.29 is 0 Å². The molecule has 3 heteroatoms. The number of hydrogen-bond acceptors (Lipinski definition) is 3. The van der Waals surface area contributed by atoms with Gasteiger partial charge in [0.15, 0.2) is 0 Å². The highest BCUT2D eigenvalue weighted by Crippen LogP contribution is 2.14. The first kappa shape index (κ1) is 4.88. The highest BCUT2D eigenvalue weighted by Gasteiger charge is 1.91. The van der Waals surface area contributed by atoms with Gasteiger partial charge < -0.3 is 0 Å². The number of rotatable bonds is 0. The molecule has 0 aliphatic rings. The van der Waals surface area contributed by atoms with Crippen molar-refractivity contribution in [1.82, 2.24) is 10.2 Å². The number of nitrogens with zero attached hydrogens (tertiary/aromatic N) is 2. The lowest BCUT2D eigenvalue weighted by atomic mass is 10.5. The summed E-state index contributed by atoms with van der Waals surface area (Å²) >= 11 is 1.56. The van der Waals surface area contributed by atoms with Crippen molar-refractivity contribution in [1.29, 1.82) is 0 Å². The molecule has 0 N–H and O–H groups in total. The fraction of sp³-hybridized carbons (Fsp3) is 0. The van der Waals surface area contributed by atoms with Crippen LogP contribution in [0.25, 0.3) is 10.2 Å². The average Bonchev–Trinajstić information content (AvgIpc) is 2.33. The molecule has 0 saturated heterocycles. The second-order valence-corrected chi connectivity index (χ2v) is 2.52. The summed E-state index contributed by atoms with van der Waals surface area (Å²) in [5, 5.41) is 10.6. The van der Waals surface area contributed by atoms with Crippen molar-refractivity contribution >= 4 is 21.6 Å². The van der Waals surface area contributed by atoms with Crippen LogP contribution in [0.5, 0.6) is 0 Å². The third-order valence-corrected chi connectivity index (χ3v) is 1.88. The van der Waals surface area contributed by atoms with Crippen LogP contribution >= 0.6 is 11.3 Å². The number of thiophene rings is 1. The van der Waals surface area contributed by atoms with Gasteiger partial charge in [-0.25, -0.2) is 0 Å². The Morgan fingerprint density at radius 2 is 2.56 bits per heavy atom.